The molecule has 0 heterocycles. The Balaban J connectivity index is -0.000000256. The first-order valence-corrected chi connectivity index (χ1v) is 4.10. The van der Waals surface area contributed by atoms with Crippen LogP contribution in [0.1, 0.15) is 0 Å². The largest absolute Gasteiger partial charge is 1.00 e. The third-order valence-electron chi connectivity index (χ3n) is 1.55. The molecule has 0 radical (unpaired) electrons. The van der Waals surface area contributed by atoms with E-state index in [0.29, 0.717) is 0 Å². The van der Waals surface area contributed by atoms with E-state index >= 15 is 0 Å². The van der Waals surface area contributed by atoms with Gasteiger partial charge in [-0.05, 0) is 0 Å². The molecule has 0 aromatic rings. The summed E-state index contributed by atoms with van der Waals surface area (Å²) in [6.07, 6.45) is -5.44. The molecule has 0 N–H and O–H groups in total. The second-order valence-electron chi connectivity index (χ2n) is 2.76. The second-order valence-corrected chi connectivity index (χ2v) is 2.76. The number of rotatable bonds is 0. The van der Waals surface area contributed by atoms with Crippen LogP contribution in [0.25, 0.3) is 0 Å². The first-order valence-electron chi connectivity index (χ1n) is 4.10. The average Bonchev–Trinajstić information content (AvgIpc) is 2.46. The van der Waals surface area contributed by atoms with Crippen LogP contribution in [0.3, 0.4) is 0 Å². The molecule has 0 saturated heterocycles. The average molecular weight is 237 g/mol. The van der Waals surface area contributed by atoms with Gasteiger partial charge in [0, 0.05) is 0 Å². The summed E-state index contributed by atoms with van der Waals surface area (Å²) in [5.41, 5.74) is 0. The van der Waals surface area contributed by atoms with Crippen molar-refractivity contribution in [2.75, 3.05) is 0 Å². The summed E-state index contributed by atoms with van der Waals surface area (Å²) >= 11 is 0. The van der Waals surface area contributed by atoms with Gasteiger partial charge in [-0.15, -0.1) is 47.7 Å². The van der Waals surface area contributed by atoms with Crippen molar-refractivity contribution in [3.8, 4) is 47.7 Å². The predicted octanol–water partition coefficient (Wildman–Crippen LogP) is -3.62. The minimum absolute atomic E-state index is 0. The molecule has 0 saturated carbocycles. The normalized spacial score (nSPS) is 7.16. The van der Waals surface area contributed by atoms with Crippen LogP contribution in [0.2, 0.25) is 0 Å². The Hall–Kier alpha value is -3.35. The van der Waals surface area contributed by atoms with Crippen molar-refractivity contribution < 1.29 is 18.9 Å². The zero-order chi connectivity index (χ0) is 14.7. The van der Waals surface area contributed by atoms with Crippen LogP contribution in [0.15, 0.2) is 0 Å². The fourth-order valence-corrected chi connectivity index (χ4v) is 0.346. The van der Waals surface area contributed by atoms with Crippen LogP contribution in [0.5, 0.6) is 0 Å². The molecule has 8 nitrogen and oxygen atoms in total. The van der Waals surface area contributed by atoms with E-state index in [1.807, 2.05) is 0 Å². The topological polar surface area (TPSA) is 190 Å². The summed E-state index contributed by atoms with van der Waals surface area (Å²) in [4.78, 5) is 0. The third-order valence-corrected chi connectivity index (χ3v) is 1.55. The van der Waals surface area contributed by atoms with Gasteiger partial charge in [0.25, 0.3) is 0 Å². The number of nitrogens with zero attached hydrogens (tertiary/aromatic N) is 8. The SMILES string of the molecule is N#C[B-](C#N)(C#N)C#N.N#C[B-](C#N)(C#N)C#N.[Li+]. The van der Waals surface area contributed by atoms with E-state index in [-0.39, 0.29) is 18.9 Å². The molecule has 0 bridgehead atoms. The first-order chi connectivity index (χ1) is 8.49. The van der Waals surface area contributed by atoms with Crippen molar-refractivity contribution in [1.29, 1.82) is 42.1 Å². The van der Waals surface area contributed by atoms with E-state index < -0.39 is 12.3 Å². The molecule has 0 spiro atoms. The van der Waals surface area contributed by atoms with E-state index in [0.717, 1.165) is 0 Å². The monoisotopic (exact) mass is 237 g/mol. The van der Waals surface area contributed by atoms with Gasteiger partial charge in [-0.2, -0.15) is 0 Å². The number of hydrogen-bond donors (Lipinski definition) is 0. The molecular weight excluding hydrogens is 237 g/mol. The third kappa shape index (κ3) is 5.50. The second kappa shape index (κ2) is 9.84. The maximum absolute atomic E-state index is 8.09. The van der Waals surface area contributed by atoms with Crippen molar-refractivity contribution in [2.45, 2.75) is 0 Å². The molecule has 0 aromatic heterocycles. The molecule has 0 rings (SSSR count). The summed E-state index contributed by atoms with van der Waals surface area (Å²) in [7, 11) is 0. The quantitative estimate of drug-likeness (QED) is 0.385. The molecule has 19 heavy (non-hydrogen) atoms. The fourth-order valence-electron chi connectivity index (χ4n) is 0.346. The Morgan fingerprint density at radius 2 is 0.474 bits per heavy atom. The van der Waals surface area contributed by atoms with Gasteiger partial charge in [0.05, 0.1) is 0 Å². The van der Waals surface area contributed by atoms with Gasteiger partial charge in [0.2, 0.25) is 0 Å². The summed E-state index contributed by atoms with van der Waals surface area (Å²) in [6, 6.07) is 0. The van der Waals surface area contributed by atoms with E-state index in [9.17, 15) is 0 Å². The van der Waals surface area contributed by atoms with Crippen LogP contribution in [-0.4, -0.2) is 12.3 Å². The number of nitriles is 8. The van der Waals surface area contributed by atoms with Gasteiger partial charge >= 0.3 is 31.2 Å². The smallest absolute Gasteiger partial charge is 0.245 e. The molecule has 0 amide bonds. The first kappa shape index (κ1) is 21.0. The van der Waals surface area contributed by atoms with Gasteiger partial charge in [-0.25, -0.2) is 42.1 Å². The molecule has 80 valence electrons. The molecule has 0 aliphatic carbocycles. The van der Waals surface area contributed by atoms with Crippen molar-refractivity contribution in [3.05, 3.63) is 0 Å². The van der Waals surface area contributed by atoms with E-state index in [1.165, 1.54) is 47.7 Å². The van der Waals surface area contributed by atoms with Gasteiger partial charge in [0.1, 0.15) is 0 Å². The van der Waals surface area contributed by atoms with Crippen molar-refractivity contribution in [2.24, 2.45) is 0 Å². The maximum atomic E-state index is 8.09. The Bertz CT molecular complexity index is 476. The summed E-state index contributed by atoms with van der Waals surface area (Å²) < 4.78 is 0. The van der Waals surface area contributed by atoms with Gasteiger partial charge in [-0.1, -0.05) is 0 Å². The van der Waals surface area contributed by atoms with Gasteiger partial charge < -0.3 is 0 Å². The maximum Gasteiger partial charge on any atom is 1.00 e. The zero-order valence-corrected chi connectivity index (χ0v) is 9.73. The molecule has 0 atom stereocenters. The van der Waals surface area contributed by atoms with Crippen LogP contribution < -0.4 is 18.9 Å². The molecule has 0 aliphatic rings. The van der Waals surface area contributed by atoms with Crippen LogP contribution in [-0.2, 0) is 0 Å². The van der Waals surface area contributed by atoms with Gasteiger partial charge in [-0.3, -0.25) is 0 Å². The van der Waals surface area contributed by atoms with Crippen molar-refractivity contribution >= 4 is 12.3 Å². The van der Waals surface area contributed by atoms with Crippen LogP contribution in [0, 0.1) is 89.8 Å². The molecule has 0 aromatic carbocycles. The fraction of sp³-hybridized carbons (Fsp3) is 0. The Morgan fingerprint density at radius 1 is 0.368 bits per heavy atom. The molecule has 0 aliphatic heterocycles. The summed E-state index contributed by atoms with van der Waals surface area (Å²) in [5, 5.41) is 64.7. The standard InChI is InChI=1S/2C4BN4.Li/c2*6-1-5(2-7,3-8)4-9;/q2*-1;+1. The molecule has 0 fully saturated rings. The molecule has 11 heteroatoms. The van der Waals surface area contributed by atoms with Crippen molar-refractivity contribution in [3.63, 3.8) is 0 Å². The molecular formula is C8B2LiN8-. The Morgan fingerprint density at radius 3 is 0.474 bits per heavy atom. The van der Waals surface area contributed by atoms with Crippen LogP contribution in [0.4, 0.5) is 0 Å². The minimum Gasteiger partial charge on any atom is -0.245 e. The predicted molar refractivity (Wildman–Crippen MR) is 56.4 cm³/mol. The number of hydrogen-bond acceptors (Lipinski definition) is 8. The van der Waals surface area contributed by atoms with Gasteiger partial charge in [0.15, 0.2) is 0 Å². The van der Waals surface area contributed by atoms with Crippen LogP contribution >= 0.6 is 0 Å². The van der Waals surface area contributed by atoms with Crippen molar-refractivity contribution in [1.82, 2.24) is 0 Å². The van der Waals surface area contributed by atoms with E-state index in [2.05, 4.69) is 0 Å². The zero-order valence-electron chi connectivity index (χ0n) is 9.73. The Labute approximate surface area is 121 Å². The Kier molecular flexibility index (Phi) is 10.9. The molecule has 0 unspecified atom stereocenters. The summed E-state index contributed by atoms with van der Waals surface area (Å²) in [5.74, 6) is 10.8. The summed E-state index contributed by atoms with van der Waals surface area (Å²) in [6.45, 7) is 0. The van der Waals surface area contributed by atoms with E-state index in [4.69, 9.17) is 42.1 Å². The minimum atomic E-state index is -2.72. The van der Waals surface area contributed by atoms with E-state index in [1.54, 1.807) is 0 Å².